The van der Waals surface area contributed by atoms with E-state index in [9.17, 15) is 0 Å². The molecule has 0 radical (unpaired) electrons. The molecule has 2 aromatic rings. The number of hydrogen-bond donors (Lipinski definition) is 1. The van der Waals surface area contributed by atoms with Crippen LogP contribution in [-0.4, -0.2) is 0 Å². The standard InChI is InChI=1S/C11H11Br2NO2/c1-7(10-3-2-4-15-10)14-6-8-5-9(12)11(13)16-8/h2-5,7,14H,6H2,1H3/t7-/m0/s1. The van der Waals surface area contributed by atoms with E-state index in [2.05, 4.69) is 37.2 Å². The molecule has 0 spiro atoms. The first-order valence-corrected chi connectivity index (χ1v) is 6.46. The van der Waals surface area contributed by atoms with Gasteiger partial charge in [-0.3, -0.25) is 0 Å². The van der Waals surface area contributed by atoms with Gasteiger partial charge < -0.3 is 14.2 Å². The van der Waals surface area contributed by atoms with Crippen LogP contribution in [0.3, 0.4) is 0 Å². The first-order valence-electron chi connectivity index (χ1n) is 4.87. The lowest BCUT2D eigenvalue weighted by molar-refractivity contribution is 0.402. The van der Waals surface area contributed by atoms with Crippen LogP contribution in [0.4, 0.5) is 0 Å². The third-order valence-electron chi connectivity index (χ3n) is 2.25. The van der Waals surface area contributed by atoms with Crippen molar-refractivity contribution in [3.8, 4) is 0 Å². The molecule has 0 aromatic carbocycles. The van der Waals surface area contributed by atoms with Crippen molar-refractivity contribution >= 4 is 31.9 Å². The molecule has 0 bridgehead atoms. The lowest BCUT2D eigenvalue weighted by Crippen LogP contribution is -2.17. The quantitative estimate of drug-likeness (QED) is 0.897. The van der Waals surface area contributed by atoms with Gasteiger partial charge in [0.05, 0.1) is 23.3 Å². The van der Waals surface area contributed by atoms with Gasteiger partial charge in [-0.25, -0.2) is 0 Å². The molecule has 0 amide bonds. The number of rotatable bonds is 4. The molecule has 5 heteroatoms. The zero-order valence-corrected chi connectivity index (χ0v) is 11.8. The van der Waals surface area contributed by atoms with Crippen molar-refractivity contribution in [1.29, 1.82) is 0 Å². The highest BCUT2D eigenvalue weighted by molar-refractivity contribution is 9.13. The molecule has 0 fully saturated rings. The highest BCUT2D eigenvalue weighted by atomic mass is 79.9. The molecule has 0 unspecified atom stereocenters. The van der Waals surface area contributed by atoms with Crippen molar-refractivity contribution in [2.45, 2.75) is 19.5 Å². The van der Waals surface area contributed by atoms with E-state index in [0.29, 0.717) is 6.54 Å². The second kappa shape index (κ2) is 5.21. The molecule has 0 saturated heterocycles. The Morgan fingerprint density at radius 1 is 1.44 bits per heavy atom. The van der Waals surface area contributed by atoms with Crippen LogP contribution in [0.5, 0.6) is 0 Å². The van der Waals surface area contributed by atoms with E-state index < -0.39 is 0 Å². The largest absolute Gasteiger partial charge is 0.468 e. The maximum absolute atomic E-state index is 5.46. The van der Waals surface area contributed by atoms with Gasteiger partial charge in [0.25, 0.3) is 0 Å². The SMILES string of the molecule is C[C@H](NCc1cc(Br)c(Br)o1)c1ccco1. The molecule has 0 aliphatic heterocycles. The average molecular weight is 349 g/mol. The van der Waals surface area contributed by atoms with E-state index in [1.807, 2.05) is 25.1 Å². The second-order valence-electron chi connectivity index (χ2n) is 3.45. The van der Waals surface area contributed by atoms with Crippen molar-refractivity contribution in [2.24, 2.45) is 0 Å². The van der Waals surface area contributed by atoms with Gasteiger partial charge in [-0.15, -0.1) is 0 Å². The minimum Gasteiger partial charge on any atom is -0.468 e. The summed E-state index contributed by atoms with van der Waals surface area (Å²) in [6.07, 6.45) is 1.67. The van der Waals surface area contributed by atoms with Gasteiger partial charge in [-0.1, -0.05) is 0 Å². The number of halogens is 2. The Labute approximate surface area is 110 Å². The van der Waals surface area contributed by atoms with Crippen LogP contribution >= 0.6 is 31.9 Å². The second-order valence-corrected chi connectivity index (χ2v) is 5.03. The fourth-order valence-corrected chi connectivity index (χ4v) is 2.03. The van der Waals surface area contributed by atoms with E-state index in [1.54, 1.807) is 6.26 Å². The first kappa shape index (κ1) is 12.0. The summed E-state index contributed by atoms with van der Waals surface area (Å²) in [5, 5.41) is 3.31. The van der Waals surface area contributed by atoms with Crippen LogP contribution in [0.1, 0.15) is 24.5 Å². The van der Waals surface area contributed by atoms with Gasteiger partial charge in [0, 0.05) is 0 Å². The maximum Gasteiger partial charge on any atom is 0.183 e. The molecule has 2 rings (SSSR count). The average Bonchev–Trinajstić information content (AvgIpc) is 2.86. The van der Waals surface area contributed by atoms with Crippen LogP contribution in [0.25, 0.3) is 0 Å². The highest BCUT2D eigenvalue weighted by Crippen LogP contribution is 2.27. The summed E-state index contributed by atoms with van der Waals surface area (Å²) in [5.74, 6) is 1.79. The van der Waals surface area contributed by atoms with E-state index in [-0.39, 0.29) is 6.04 Å². The first-order chi connectivity index (χ1) is 7.66. The molecule has 0 aliphatic carbocycles. The Hall–Kier alpha value is -0.520. The van der Waals surface area contributed by atoms with Crippen LogP contribution in [-0.2, 0) is 6.54 Å². The van der Waals surface area contributed by atoms with Crippen LogP contribution in [0.2, 0.25) is 0 Å². The molecule has 86 valence electrons. The van der Waals surface area contributed by atoms with Crippen molar-refractivity contribution in [1.82, 2.24) is 5.32 Å². The Balaban J connectivity index is 1.92. The fraction of sp³-hybridized carbons (Fsp3) is 0.273. The zero-order chi connectivity index (χ0) is 11.5. The van der Waals surface area contributed by atoms with Crippen molar-refractivity contribution < 1.29 is 8.83 Å². The van der Waals surface area contributed by atoms with Crippen molar-refractivity contribution in [2.75, 3.05) is 0 Å². The number of hydrogen-bond acceptors (Lipinski definition) is 3. The predicted octanol–water partition coefficient (Wildman–Crippen LogP) is 4.25. The minimum absolute atomic E-state index is 0.164. The van der Waals surface area contributed by atoms with Crippen LogP contribution < -0.4 is 5.32 Å². The van der Waals surface area contributed by atoms with E-state index in [1.165, 1.54) is 0 Å². The molecule has 3 nitrogen and oxygen atoms in total. The summed E-state index contributed by atoms with van der Waals surface area (Å²) in [4.78, 5) is 0. The summed E-state index contributed by atoms with van der Waals surface area (Å²) in [5.41, 5.74) is 0. The maximum atomic E-state index is 5.46. The summed E-state index contributed by atoms with van der Waals surface area (Å²) in [7, 11) is 0. The molecule has 0 saturated carbocycles. The zero-order valence-electron chi connectivity index (χ0n) is 8.67. The van der Waals surface area contributed by atoms with Crippen molar-refractivity contribution in [3.05, 3.63) is 45.1 Å². The molecular formula is C11H11Br2NO2. The van der Waals surface area contributed by atoms with E-state index in [0.717, 1.165) is 20.7 Å². The number of furan rings is 2. The molecular weight excluding hydrogens is 338 g/mol. The fourth-order valence-electron chi connectivity index (χ4n) is 1.37. The summed E-state index contributed by atoms with van der Waals surface area (Å²) in [6.45, 7) is 2.71. The Morgan fingerprint density at radius 3 is 2.81 bits per heavy atom. The van der Waals surface area contributed by atoms with Gasteiger partial charge in [0.2, 0.25) is 0 Å². The Bertz CT molecular complexity index is 431. The van der Waals surface area contributed by atoms with Gasteiger partial charge >= 0.3 is 0 Å². The minimum atomic E-state index is 0.164. The van der Waals surface area contributed by atoms with Gasteiger partial charge in [-0.05, 0) is 57.0 Å². The molecule has 1 atom stereocenters. The Kier molecular flexibility index (Phi) is 3.89. The third kappa shape index (κ3) is 2.78. The molecule has 1 N–H and O–H groups in total. The summed E-state index contributed by atoms with van der Waals surface area (Å²) < 4.78 is 12.4. The van der Waals surface area contributed by atoms with Gasteiger partial charge in [0.1, 0.15) is 11.5 Å². The summed E-state index contributed by atoms with van der Waals surface area (Å²) in [6, 6.07) is 5.93. The third-order valence-corrected chi connectivity index (χ3v) is 3.96. The van der Waals surface area contributed by atoms with E-state index >= 15 is 0 Å². The highest BCUT2D eigenvalue weighted by Gasteiger charge is 2.10. The van der Waals surface area contributed by atoms with Crippen molar-refractivity contribution in [3.63, 3.8) is 0 Å². The molecule has 2 heterocycles. The monoisotopic (exact) mass is 347 g/mol. The number of nitrogens with one attached hydrogen (secondary N) is 1. The van der Waals surface area contributed by atoms with Gasteiger partial charge in [-0.2, -0.15) is 0 Å². The lowest BCUT2D eigenvalue weighted by Gasteiger charge is -2.09. The topological polar surface area (TPSA) is 38.3 Å². The van der Waals surface area contributed by atoms with Gasteiger partial charge in [0.15, 0.2) is 4.67 Å². The molecule has 0 aliphatic rings. The molecule has 2 aromatic heterocycles. The Morgan fingerprint density at radius 2 is 2.25 bits per heavy atom. The molecule has 16 heavy (non-hydrogen) atoms. The smallest absolute Gasteiger partial charge is 0.183 e. The van der Waals surface area contributed by atoms with Crippen LogP contribution in [0, 0.1) is 0 Å². The summed E-state index contributed by atoms with van der Waals surface area (Å²) >= 11 is 6.68. The van der Waals surface area contributed by atoms with E-state index in [4.69, 9.17) is 8.83 Å². The lowest BCUT2D eigenvalue weighted by atomic mass is 10.2. The predicted molar refractivity (Wildman–Crippen MR) is 68.1 cm³/mol. The normalized spacial score (nSPS) is 12.9. The van der Waals surface area contributed by atoms with Crippen LogP contribution in [0.15, 0.2) is 42.4 Å².